The van der Waals surface area contributed by atoms with Crippen molar-refractivity contribution < 1.29 is 9.90 Å². The lowest BCUT2D eigenvalue weighted by atomic mass is 9.94. The van der Waals surface area contributed by atoms with Crippen molar-refractivity contribution in [2.75, 3.05) is 5.75 Å². The fraction of sp³-hybridized carbons (Fsp3) is 0.474. The van der Waals surface area contributed by atoms with Crippen LogP contribution in [0.2, 0.25) is 10.0 Å². The predicted molar refractivity (Wildman–Crippen MR) is 111 cm³/mol. The summed E-state index contributed by atoms with van der Waals surface area (Å²) in [6.45, 7) is 0. The zero-order valence-electron chi connectivity index (χ0n) is 13.9. The quantitative estimate of drug-likeness (QED) is 0.210. The molecule has 1 saturated carbocycles. The van der Waals surface area contributed by atoms with Gasteiger partial charge in [0.1, 0.15) is 0 Å². The number of benzene rings is 1. The number of halogens is 2. The van der Waals surface area contributed by atoms with Crippen molar-refractivity contribution in [3.8, 4) is 0 Å². The molecule has 0 saturated heterocycles. The SMILES string of the molecule is O=C(O)CCC/C=C\C[C@H]1CCC(=S)[C@@H]1CSc1cc(Cl)cc(Cl)c1. The van der Waals surface area contributed by atoms with Gasteiger partial charge in [-0.15, -0.1) is 11.8 Å². The summed E-state index contributed by atoms with van der Waals surface area (Å²) < 4.78 is 0. The summed E-state index contributed by atoms with van der Waals surface area (Å²) in [5, 5.41) is 9.95. The maximum atomic E-state index is 10.5. The Labute approximate surface area is 169 Å². The third-order valence-corrected chi connectivity index (χ3v) is 6.41. The molecule has 1 N–H and O–H groups in total. The molecule has 1 aliphatic carbocycles. The Morgan fingerprint density at radius 2 is 2.00 bits per heavy atom. The average molecular weight is 417 g/mol. The van der Waals surface area contributed by atoms with Crippen molar-refractivity contribution >= 4 is 58.0 Å². The predicted octanol–water partition coefficient (Wildman–Crippen LogP) is 6.68. The van der Waals surface area contributed by atoms with E-state index in [0.717, 1.165) is 36.3 Å². The molecule has 0 aromatic heterocycles. The number of hydrogen-bond donors (Lipinski definition) is 1. The number of hydrogen-bond acceptors (Lipinski definition) is 3. The molecule has 0 aliphatic heterocycles. The van der Waals surface area contributed by atoms with Gasteiger partial charge in [0.05, 0.1) is 0 Å². The molecule has 0 unspecified atom stereocenters. The molecule has 25 heavy (non-hydrogen) atoms. The standard InChI is InChI=1S/C19H22Cl2O2S2/c20-14-9-15(21)11-16(10-14)25-12-17-13(7-8-18(17)24)5-3-1-2-4-6-19(22)23/h1,3,9-11,13,17H,2,4-8,12H2,(H,22,23)/b3-1-/t13-,17+/m0/s1. The Hall–Kier alpha value is -0.550. The number of thiocarbonyl (C=S) groups is 1. The third kappa shape index (κ3) is 7.30. The lowest BCUT2D eigenvalue weighted by Crippen LogP contribution is -2.15. The summed E-state index contributed by atoms with van der Waals surface area (Å²) in [4.78, 5) is 12.7. The van der Waals surface area contributed by atoms with Crippen LogP contribution in [0.4, 0.5) is 0 Å². The maximum absolute atomic E-state index is 10.5. The fourth-order valence-corrected chi connectivity index (χ4v) is 5.47. The van der Waals surface area contributed by atoms with E-state index in [2.05, 4.69) is 12.2 Å². The number of thioether (sulfide) groups is 1. The summed E-state index contributed by atoms with van der Waals surface area (Å²) in [6.07, 6.45) is 9.22. The number of carboxylic acids is 1. The van der Waals surface area contributed by atoms with E-state index in [0.29, 0.717) is 28.3 Å². The van der Waals surface area contributed by atoms with Gasteiger partial charge in [0.15, 0.2) is 0 Å². The van der Waals surface area contributed by atoms with Crippen molar-refractivity contribution in [1.82, 2.24) is 0 Å². The molecular formula is C19H22Cl2O2S2. The van der Waals surface area contributed by atoms with E-state index >= 15 is 0 Å². The number of allylic oxidation sites excluding steroid dienone is 2. The summed E-state index contributed by atoms with van der Waals surface area (Å²) in [5.74, 6) is 1.23. The summed E-state index contributed by atoms with van der Waals surface area (Å²) in [7, 11) is 0. The van der Waals surface area contributed by atoms with Crippen LogP contribution in [0, 0.1) is 11.8 Å². The molecule has 0 heterocycles. The Morgan fingerprint density at radius 3 is 2.68 bits per heavy atom. The molecule has 1 fully saturated rings. The molecular weight excluding hydrogens is 395 g/mol. The number of unbranched alkanes of at least 4 members (excludes halogenated alkanes) is 1. The molecule has 2 atom stereocenters. The van der Waals surface area contributed by atoms with Gasteiger partial charge < -0.3 is 5.11 Å². The third-order valence-electron chi connectivity index (χ3n) is 4.38. The largest absolute Gasteiger partial charge is 0.481 e. The molecule has 136 valence electrons. The topological polar surface area (TPSA) is 37.3 Å². The van der Waals surface area contributed by atoms with E-state index in [-0.39, 0.29) is 6.42 Å². The first-order chi connectivity index (χ1) is 12.0. The van der Waals surface area contributed by atoms with Gasteiger partial charge >= 0.3 is 5.97 Å². The molecule has 2 rings (SSSR count). The monoisotopic (exact) mass is 416 g/mol. The van der Waals surface area contributed by atoms with E-state index in [1.54, 1.807) is 17.8 Å². The lowest BCUT2D eigenvalue weighted by Gasteiger charge is -2.18. The highest BCUT2D eigenvalue weighted by molar-refractivity contribution is 7.99. The zero-order chi connectivity index (χ0) is 18.2. The maximum Gasteiger partial charge on any atom is 0.303 e. The minimum Gasteiger partial charge on any atom is -0.481 e. The van der Waals surface area contributed by atoms with Crippen LogP contribution in [0.25, 0.3) is 0 Å². The first-order valence-electron chi connectivity index (χ1n) is 8.44. The zero-order valence-corrected chi connectivity index (χ0v) is 17.1. The van der Waals surface area contributed by atoms with Crippen LogP contribution < -0.4 is 0 Å². The van der Waals surface area contributed by atoms with Crippen molar-refractivity contribution in [2.45, 2.75) is 43.4 Å². The summed E-state index contributed by atoms with van der Waals surface area (Å²) >= 11 is 19.5. The van der Waals surface area contributed by atoms with Crippen molar-refractivity contribution in [3.63, 3.8) is 0 Å². The second kappa shape index (κ2) is 10.6. The van der Waals surface area contributed by atoms with Gasteiger partial charge in [-0.25, -0.2) is 0 Å². The minimum absolute atomic E-state index is 0.235. The van der Waals surface area contributed by atoms with Gasteiger partial charge in [-0.05, 0) is 61.1 Å². The molecule has 0 radical (unpaired) electrons. The van der Waals surface area contributed by atoms with Gasteiger partial charge in [-0.1, -0.05) is 47.6 Å². The fourth-order valence-electron chi connectivity index (χ4n) is 3.05. The Kier molecular flexibility index (Phi) is 8.77. The average Bonchev–Trinajstić information content (AvgIpc) is 2.87. The highest BCUT2D eigenvalue weighted by atomic mass is 35.5. The van der Waals surface area contributed by atoms with Crippen molar-refractivity contribution in [2.24, 2.45) is 11.8 Å². The highest BCUT2D eigenvalue weighted by Gasteiger charge is 2.30. The Bertz CT molecular complexity index is 626. The van der Waals surface area contributed by atoms with Crippen LogP contribution >= 0.6 is 47.2 Å². The van der Waals surface area contributed by atoms with Crippen LogP contribution in [-0.2, 0) is 4.79 Å². The van der Waals surface area contributed by atoms with Crippen LogP contribution in [0.1, 0.15) is 38.5 Å². The number of carboxylic acid groups (broad SMARTS) is 1. The van der Waals surface area contributed by atoms with Gasteiger partial charge in [0.2, 0.25) is 0 Å². The second-order valence-electron chi connectivity index (χ2n) is 6.28. The Balaban J connectivity index is 1.82. The van der Waals surface area contributed by atoms with Gasteiger partial charge in [-0.3, -0.25) is 4.79 Å². The molecule has 0 bridgehead atoms. The summed E-state index contributed by atoms with van der Waals surface area (Å²) in [6, 6.07) is 5.62. The minimum atomic E-state index is -0.729. The van der Waals surface area contributed by atoms with Crippen molar-refractivity contribution in [1.29, 1.82) is 0 Å². The van der Waals surface area contributed by atoms with Crippen LogP contribution in [0.5, 0.6) is 0 Å². The van der Waals surface area contributed by atoms with Gasteiger partial charge in [-0.2, -0.15) is 0 Å². The van der Waals surface area contributed by atoms with E-state index in [1.807, 2.05) is 12.1 Å². The van der Waals surface area contributed by atoms with Crippen LogP contribution in [0.3, 0.4) is 0 Å². The number of aliphatic carboxylic acids is 1. The highest BCUT2D eigenvalue weighted by Crippen LogP contribution is 2.37. The first-order valence-corrected chi connectivity index (χ1v) is 10.6. The van der Waals surface area contributed by atoms with E-state index in [4.69, 9.17) is 40.5 Å². The molecule has 6 heteroatoms. The van der Waals surface area contributed by atoms with Gasteiger partial charge in [0.25, 0.3) is 0 Å². The molecule has 1 aliphatic rings. The van der Waals surface area contributed by atoms with Crippen LogP contribution in [-0.4, -0.2) is 21.7 Å². The van der Waals surface area contributed by atoms with Crippen molar-refractivity contribution in [3.05, 3.63) is 40.4 Å². The first kappa shape index (κ1) is 20.8. The van der Waals surface area contributed by atoms with Gasteiger partial charge in [0, 0.05) is 33.0 Å². The molecule has 2 nitrogen and oxygen atoms in total. The Morgan fingerprint density at radius 1 is 1.28 bits per heavy atom. The molecule has 1 aromatic rings. The van der Waals surface area contributed by atoms with E-state index < -0.39 is 5.97 Å². The van der Waals surface area contributed by atoms with E-state index in [1.165, 1.54) is 4.86 Å². The molecule has 1 aromatic carbocycles. The number of rotatable bonds is 9. The molecule has 0 amide bonds. The second-order valence-corrected chi connectivity index (χ2v) is 8.77. The smallest absolute Gasteiger partial charge is 0.303 e. The molecule has 0 spiro atoms. The normalized spacial score (nSPS) is 20.5. The lowest BCUT2D eigenvalue weighted by molar-refractivity contribution is -0.137. The van der Waals surface area contributed by atoms with Crippen LogP contribution in [0.15, 0.2) is 35.2 Å². The summed E-state index contributed by atoms with van der Waals surface area (Å²) in [5.41, 5.74) is 0. The van der Waals surface area contributed by atoms with E-state index in [9.17, 15) is 4.79 Å². The number of carbonyl (C=O) groups is 1.